The molecule has 1 aliphatic heterocycles. The molecule has 0 aliphatic carbocycles. The second-order valence-corrected chi connectivity index (χ2v) is 5.03. The van der Waals surface area contributed by atoms with Crippen LogP contribution in [-0.2, 0) is 9.47 Å². The number of ether oxygens (including phenoxy) is 2. The molecule has 1 saturated heterocycles. The number of aliphatic hydroxyl groups is 2. The number of hydrogen-bond donors (Lipinski definition) is 2. The molecule has 22 heavy (non-hydrogen) atoms. The van der Waals surface area contributed by atoms with Crippen molar-refractivity contribution >= 4 is 0 Å². The molecule has 0 radical (unpaired) electrons. The van der Waals surface area contributed by atoms with E-state index in [2.05, 4.69) is 17.9 Å². The number of rotatable bonds is 9. The second kappa shape index (κ2) is 7.54. The van der Waals surface area contributed by atoms with Gasteiger partial charge in [-0.05, 0) is 25.7 Å². The van der Waals surface area contributed by atoms with Gasteiger partial charge in [0.2, 0.25) is 0 Å². The van der Waals surface area contributed by atoms with Crippen LogP contribution in [0.5, 0.6) is 0 Å². The van der Waals surface area contributed by atoms with E-state index >= 15 is 0 Å². The average molecular weight is 328 g/mol. The Balaban J connectivity index is 3.09. The highest BCUT2D eigenvalue weighted by Crippen LogP contribution is 2.46. The van der Waals surface area contributed by atoms with E-state index in [0.717, 1.165) is 0 Å². The van der Waals surface area contributed by atoms with Crippen molar-refractivity contribution in [1.29, 1.82) is 0 Å². The molecule has 0 aromatic heterocycles. The molecule has 0 aromatic carbocycles. The minimum absolute atomic E-state index is 0.144. The van der Waals surface area contributed by atoms with Gasteiger partial charge in [0.05, 0.1) is 0 Å². The zero-order chi connectivity index (χ0) is 17.0. The number of hydrogen-bond acceptors (Lipinski definition) is 4. The lowest BCUT2D eigenvalue weighted by Crippen LogP contribution is -2.53. The molecule has 0 amide bonds. The van der Waals surface area contributed by atoms with E-state index in [9.17, 15) is 27.8 Å². The van der Waals surface area contributed by atoms with Crippen LogP contribution in [-0.4, -0.2) is 46.8 Å². The van der Waals surface area contributed by atoms with Gasteiger partial charge < -0.3 is 19.7 Å². The topological polar surface area (TPSA) is 58.9 Å². The van der Waals surface area contributed by atoms with Gasteiger partial charge in [-0.25, -0.2) is 17.6 Å². The first-order valence-corrected chi connectivity index (χ1v) is 6.81. The molecule has 2 N–H and O–H groups in total. The van der Waals surface area contributed by atoms with Crippen molar-refractivity contribution in [3.63, 3.8) is 0 Å². The molecule has 1 heterocycles. The highest BCUT2D eigenvalue weighted by atomic mass is 19.3. The van der Waals surface area contributed by atoms with Crippen LogP contribution < -0.4 is 0 Å². The van der Waals surface area contributed by atoms with Gasteiger partial charge >= 0.3 is 0 Å². The Bertz CT molecular complexity index is 393. The third-order valence-electron chi connectivity index (χ3n) is 3.47. The summed E-state index contributed by atoms with van der Waals surface area (Å²) in [5, 5.41) is 19.8. The second-order valence-electron chi connectivity index (χ2n) is 5.03. The monoisotopic (exact) mass is 328 g/mol. The Morgan fingerprint density at radius 1 is 1.09 bits per heavy atom. The molecule has 1 rings (SSSR count). The normalized spacial score (nSPS) is 33.4. The largest absolute Gasteiger partial charge is 0.387 e. The SMILES string of the molecule is C=CCC[C@@H](O)[C@@]1(C(F)F)O[C@@H](CCC=C)[C@](O)(C(F)F)O1. The van der Waals surface area contributed by atoms with Gasteiger partial charge in [0, 0.05) is 0 Å². The van der Waals surface area contributed by atoms with Crippen LogP contribution in [0.1, 0.15) is 25.7 Å². The minimum atomic E-state index is -3.48. The van der Waals surface area contributed by atoms with Gasteiger partial charge in [-0.2, -0.15) is 0 Å². The van der Waals surface area contributed by atoms with Gasteiger partial charge in [-0.15, -0.1) is 13.2 Å². The molecule has 1 fully saturated rings. The maximum absolute atomic E-state index is 13.4. The van der Waals surface area contributed by atoms with E-state index in [4.69, 9.17) is 4.74 Å². The predicted molar refractivity (Wildman–Crippen MR) is 70.5 cm³/mol. The van der Waals surface area contributed by atoms with Crippen LogP contribution in [0.15, 0.2) is 25.3 Å². The van der Waals surface area contributed by atoms with Crippen molar-refractivity contribution < 1.29 is 37.2 Å². The summed E-state index contributed by atoms with van der Waals surface area (Å²) >= 11 is 0. The van der Waals surface area contributed by atoms with E-state index in [-0.39, 0.29) is 25.7 Å². The van der Waals surface area contributed by atoms with Gasteiger partial charge in [0.15, 0.2) is 0 Å². The van der Waals surface area contributed by atoms with Crippen LogP contribution in [0.2, 0.25) is 0 Å². The smallest absolute Gasteiger partial charge is 0.294 e. The summed E-state index contributed by atoms with van der Waals surface area (Å²) in [6.45, 7) is 6.77. The molecule has 128 valence electrons. The first-order chi connectivity index (χ1) is 10.2. The highest BCUT2D eigenvalue weighted by Gasteiger charge is 2.67. The van der Waals surface area contributed by atoms with Crippen molar-refractivity contribution in [3.8, 4) is 0 Å². The molecule has 4 nitrogen and oxygen atoms in total. The summed E-state index contributed by atoms with van der Waals surface area (Å²) in [4.78, 5) is 0. The fourth-order valence-electron chi connectivity index (χ4n) is 2.24. The van der Waals surface area contributed by atoms with Gasteiger partial charge in [0.1, 0.15) is 12.2 Å². The van der Waals surface area contributed by atoms with E-state index < -0.39 is 36.6 Å². The Hall–Kier alpha value is -0.960. The zero-order valence-corrected chi connectivity index (χ0v) is 11.9. The van der Waals surface area contributed by atoms with Gasteiger partial charge in [0.25, 0.3) is 24.4 Å². The summed E-state index contributed by atoms with van der Waals surface area (Å²) in [6.07, 6.45) is -7.92. The molecule has 0 spiro atoms. The van der Waals surface area contributed by atoms with Crippen LogP contribution in [0, 0.1) is 0 Å². The molecule has 8 heteroatoms. The summed E-state index contributed by atoms with van der Waals surface area (Å²) < 4.78 is 62.4. The maximum atomic E-state index is 13.4. The van der Waals surface area contributed by atoms with Gasteiger partial charge in [-0.3, -0.25) is 0 Å². The molecular weight excluding hydrogens is 308 g/mol. The fraction of sp³-hybridized carbons (Fsp3) is 0.714. The molecule has 4 atom stereocenters. The zero-order valence-electron chi connectivity index (χ0n) is 11.9. The molecule has 0 bridgehead atoms. The van der Waals surface area contributed by atoms with Crippen molar-refractivity contribution in [3.05, 3.63) is 25.3 Å². The van der Waals surface area contributed by atoms with E-state index in [0.29, 0.717) is 0 Å². The molecular formula is C14H20F4O4. The average Bonchev–Trinajstić information content (AvgIpc) is 2.78. The third kappa shape index (κ3) is 3.51. The fourth-order valence-corrected chi connectivity index (χ4v) is 2.24. The lowest BCUT2D eigenvalue weighted by Gasteiger charge is -2.32. The molecule has 0 unspecified atom stereocenters. The van der Waals surface area contributed by atoms with E-state index in [1.54, 1.807) is 0 Å². The first kappa shape index (κ1) is 19.1. The van der Waals surface area contributed by atoms with Crippen molar-refractivity contribution in [1.82, 2.24) is 0 Å². The van der Waals surface area contributed by atoms with Crippen molar-refractivity contribution in [2.75, 3.05) is 0 Å². The van der Waals surface area contributed by atoms with E-state index in [1.165, 1.54) is 12.2 Å². The minimum Gasteiger partial charge on any atom is -0.387 e. The van der Waals surface area contributed by atoms with Crippen LogP contribution in [0.3, 0.4) is 0 Å². The van der Waals surface area contributed by atoms with Crippen molar-refractivity contribution in [2.45, 2.75) is 62.3 Å². The summed E-state index contributed by atoms with van der Waals surface area (Å²) in [6, 6.07) is 0. The van der Waals surface area contributed by atoms with Gasteiger partial charge in [-0.1, -0.05) is 12.2 Å². The number of allylic oxidation sites excluding steroid dienone is 2. The number of alkyl halides is 4. The Morgan fingerprint density at radius 3 is 2.14 bits per heavy atom. The molecule has 0 aromatic rings. The lowest BCUT2D eigenvalue weighted by molar-refractivity contribution is -0.342. The number of aliphatic hydroxyl groups excluding tert-OH is 1. The highest BCUT2D eigenvalue weighted by molar-refractivity contribution is 4.98. The summed E-state index contributed by atoms with van der Waals surface area (Å²) in [5.41, 5.74) is 0. The Kier molecular flexibility index (Phi) is 6.54. The molecule has 0 saturated carbocycles. The number of halogens is 4. The van der Waals surface area contributed by atoms with Crippen LogP contribution in [0.4, 0.5) is 17.6 Å². The van der Waals surface area contributed by atoms with Crippen LogP contribution >= 0.6 is 0 Å². The molecule has 1 aliphatic rings. The Morgan fingerprint density at radius 2 is 1.68 bits per heavy atom. The third-order valence-corrected chi connectivity index (χ3v) is 3.47. The first-order valence-electron chi connectivity index (χ1n) is 6.81. The summed E-state index contributed by atoms with van der Waals surface area (Å²) in [5.74, 6) is -6.21. The Labute approximate surface area is 126 Å². The maximum Gasteiger partial charge on any atom is 0.294 e. The lowest BCUT2D eigenvalue weighted by atomic mass is 10.1. The van der Waals surface area contributed by atoms with Crippen molar-refractivity contribution in [2.24, 2.45) is 0 Å². The van der Waals surface area contributed by atoms with E-state index in [1.807, 2.05) is 0 Å². The summed E-state index contributed by atoms with van der Waals surface area (Å²) in [7, 11) is 0. The predicted octanol–water partition coefficient (Wildman–Crippen LogP) is 2.61. The van der Waals surface area contributed by atoms with Crippen LogP contribution in [0.25, 0.3) is 0 Å². The standard InChI is InChI=1S/C14H20F4O4/c1-3-5-7-9(19)14(12(17)18)21-10(8-6-4-2)13(20,22-14)11(15)16/h3-4,9-12,19-20H,1-2,5-8H2/t9-,10+,13-,14-/m1/s1. The quantitative estimate of drug-likeness (QED) is 0.505.